The zero-order chi connectivity index (χ0) is 29.6. The number of rotatable bonds is 16. The number of allylic oxidation sites excluding steroid dienone is 1. The van der Waals surface area contributed by atoms with Crippen molar-refractivity contribution < 1.29 is 24.2 Å². The Morgan fingerprint density at radius 2 is 2.00 bits per heavy atom. The summed E-state index contributed by atoms with van der Waals surface area (Å²) in [5.74, 6) is -1.88. The number of aliphatic hydroxyl groups is 1. The number of carbonyl (C=O) groups excluding carboxylic acids is 3. The molecular formula is C33H46N2O5S. The van der Waals surface area contributed by atoms with Gasteiger partial charge in [-0.1, -0.05) is 55.8 Å². The average molecular weight is 583 g/mol. The molecule has 3 heterocycles. The zero-order valence-corrected chi connectivity index (χ0v) is 25.4. The number of ether oxygens (including phenoxy) is 1. The molecule has 3 aliphatic rings. The van der Waals surface area contributed by atoms with Crippen molar-refractivity contribution in [1.29, 1.82) is 0 Å². The first-order chi connectivity index (χ1) is 19.8. The van der Waals surface area contributed by atoms with Crippen molar-refractivity contribution in [2.24, 2.45) is 11.8 Å². The van der Waals surface area contributed by atoms with Gasteiger partial charge in [-0.2, -0.15) is 0 Å². The fourth-order valence-corrected chi connectivity index (χ4v) is 9.37. The molecule has 7 atom stereocenters. The van der Waals surface area contributed by atoms with Crippen LogP contribution in [0.4, 0.5) is 0 Å². The molecule has 1 aromatic rings. The van der Waals surface area contributed by atoms with E-state index in [4.69, 9.17) is 4.74 Å². The molecule has 1 aromatic carbocycles. The number of hydrogen-bond acceptors (Lipinski definition) is 6. The molecule has 224 valence electrons. The van der Waals surface area contributed by atoms with E-state index in [0.717, 1.165) is 44.1 Å². The molecule has 0 saturated carbocycles. The maximum Gasteiger partial charge on any atom is 0.310 e. The van der Waals surface area contributed by atoms with E-state index >= 15 is 0 Å². The molecule has 8 heteroatoms. The normalized spacial score (nSPS) is 27.8. The predicted molar refractivity (Wildman–Crippen MR) is 163 cm³/mol. The van der Waals surface area contributed by atoms with E-state index in [-0.39, 0.29) is 35.7 Å². The summed E-state index contributed by atoms with van der Waals surface area (Å²) >= 11 is 1.64. The number of benzene rings is 1. The highest BCUT2D eigenvalue weighted by Gasteiger charge is 2.74. The van der Waals surface area contributed by atoms with Crippen LogP contribution in [-0.2, 0) is 25.5 Å². The van der Waals surface area contributed by atoms with Crippen LogP contribution in [0.5, 0.6) is 0 Å². The minimum absolute atomic E-state index is 0.0282. The second kappa shape index (κ2) is 14.1. The molecule has 0 radical (unpaired) electrons. The fraction of sp³-hybridized carbons (Fsp3) is 0.606. The lowest BCUT2D eigenvalue weighted by molar-refractivity contribution is -0.154. The first-order valence-electron chi connectivity index (χ1n) is 15.2. The van der Waals surface area contributed by atoms with Crippen LogP contribution in [0, 0.1) is 11.8 Å². The number of unbranched alkanes of at least 4 members (excludes halogenated alkanes) is 2. The molecule has 3 saturated heterocycles. The van der Waals surface area contributed by atoms with E-state index < -0.39 is 28.7 Å². The maximum absolute atomic E-state index is 14.6. The summed E-state index contributed by atoms with van der Waals surface area (Å²) in [6.07, 6.45) is 9.72. The molecule has 0 aliphatic carbocycles. The maximum atomic E-state index is 14.6. The van der Waals surface area contributed by atoms with Crippen LogP contribution in [0.1, 0.15) is 64.4 Å². The summed E-state index contributed by atoms with van der Waals surface area (Å²) in [5.41, 5.74) is 0.981. The number of nitrogens with zero attached hydrogens (tertiary/aromatic N) is 2. The van der Waals surface area contributed by atoms with Crippen molar-refractivity contribution in [1.82, 2.24) is 9.80 Å². The lowest BCUT2D eigenvalue weighted by atomic mass is 9.71. The molecule has 0 aromatic heterocycles. The van der Waals surface area contributed by atoms with E-state index in [1.165, 1.54) is 0 Å². The van der Waals surface area contributed by atoms with E-state index in [0.29, 0.717) is 26.0 Å². The summed E-state index contributed by atoms with van der Waals surface area (Å²) in [6.45, 7) is 12.2. The van der Waals surface area contributed by atoms with Crippen LogP contribution in [0.3, 0.4) is 0 Å². The number of carbonyl (C=O) groups is 3. The summed E-state index contributed by atoms with van der Waals surface area (Å²) in [5, 5.41) is 10.6. The van der Waals surface area contributed by atoms with Crippen LogP contribution in [0.2, 0.25) is 0 Å². The molecule has 3 aliphatic heterocycles. The van der Waals surface area contributed by atoms with Gasteiger partial charge in [0.25, 0.3) is 0 Å². The van der Waals surface area contributed by atoms with Gasteiger partial charge in [-0.25, -0.2) is 0 Å². The lowest BCUT2D eigenvalue weighted by Gasteiger charge is -2.41. The Balaban J connectivity index is 1.70. The number of esters is 1. The van der Waals surface area contributed by atoms with E-state index in [1.54, 1.807) is 22.7 Å². The second-order valence-electron chi connectivity index (χ2n) is 11.7. The number of likely N-dealkylation sites (tertiary alicyclic amines) is 1. The van der Waals surface area contributed by atoms with Gasteiger partial charge in [0.05, 0.1) is 35.8 Å². The van der Waals surface area contributed by atoms with Gasteiger partial charge < -0.3 is 19.6 Å². The van der Waals surface area contributed by atoms with Crippen molar-refractivity contribution in [2.45, 2.75) is 93.3 Å². The Morgan fingerprint density at radius 1 is 1.24 bits per heavy atom. The van der Waals surface area contributed by atoms with Gasteiger partial charge in [0.2, 0.25) is 11.8 Å². The number of hydrogen-bond donors (Lipinski definition) is 1. The van der Waals surface area contributed by atoms with Crippen LogP contribution < -0.4 is 0 Å². The van der Waals surface area contributed by atoms with E-state index in [9.17, 15) is 19.5 Å². The summed E-state index contributed by atoms with van der Waals surface area (Å²) < 4.78 is 5.01. The molecule has 1 spiro atoms. The van der Waals surface area contributed by atoms with Crippen LogP contribution >= 0.6 is 11.8 Å². The van der Waals surface area contributed by atoms with Gasteiger partial charge in [-0.05, 0) is 57.4 Å². The van der Waals surface area contributed by atoms with Crippen molar-refractivity contribution in [3.8, 4) is 0 Å². The molecule has 41 heavy (non-hydrogen) atoms. The van der Waals surface area contributed by atoms with Crippen LogP contribution in [-0.4, -0.2) is 80.6 Å². The molecular weight excluding hydrogens is 536 g/mol. The van der Waals surface area contributed by atoms with Gasteiger partial charge in [0.15, 0.2) is 0 Å². The summed E-state index contributed by atoms with van der Waals surface area (Å²) in [6, 6.07) is 8.37. The third-order valence-electron chi connectivity index (χ3n) is 9.06. The average Bonchev–Trinajstić information content (AvgIpc) is 3.62. The third kappa shape index (κ3) is 6.14. The Bertz CT molecular complexity index is 1100. The topological polar surface area (TPSA) is 87.2 Å². The van der Waals surface area contributed by atoms with Gasteiger partial charge in [-0.3, -0.25) is 14.4 Å². The molecule has 1 N–H and O–H groups in total. The first kappa shape index (κ1) is 31.4. The number of aliphatic hydroxyl groups excluding tert-OH is 1. The highest BCUT2D eigenvalue weighted by Crippen LogP contribution is 2.67. The number of amides is 2. The minimum Gasteiger partial charge on any atom is -0.465 e. The highest BCUT2D eigenvalue weighted by molar-refractivity contribution is 8.02. The van der Waals surface area contributed by atoms with Gasteiger partial charge in [-0.15, -0.1) is 24.9 Å². The quantitative estimate of drug-likeness (QED) is 0.171. The van der Waals surface area contributed by atoms with Crippen LogP contribution in [0.15, 0.2) is 55.6 Å². The van der Waals surface area contributed by atoms with Crippen molar-refractivity contribution in [3.05, 3.63) is 61.2 Å². The largest absolute Gasteiger partial charge is 0.465 e. The van der Waals surface area contributed by atoms with Crippen LogP contribution in [0.25, 0.3) is 0 Å². The second-order valence-corrected chi connectivity index (χ2v) is 13.3. The lowest BCUT2D eigenvalue weighted by Crippen LogP contribution is -2.59. The fourth-order valence-electron chi connectivity index (χ4n) is 7.19. The predicted octanol–water partition coefficient (Wildman–Crippen LogP) is 4.78. The standard InChI is InChI=1S/C33H46N2O5S/c1-5-8-9-13-20-40-32(39)27-26-17-18-33(41-26)28(27)30(37)35(25(22-36)21-24-15-11-10-12-16-24)29(33)31(38)34(19-7-3)23(4)14-6-2/h5,7,10-12,15-16,23,25-29,36H,1,3,6,8-9,13-14,17-22H2,2,4H3/t23?,25-,26+,27-,28+,29?,33?/m1/s1. The number of thioether (sulfide) groups is 1. The SMILES string of the molecule is C=CCCCCOC(=O)[C@@H]1[C@@H]2CCC3(S2)C(C(=O)N(CC=C)C(C)CCC)N([C@@H](CO)Cc2ccccc2)C(=O)[C@H]13. The Labute approximate surface area is 249 Å². The first-order valence-corrected chi connectivity index (χ1v) is 16.1. The van der Waals surface area contributed by atoms with Crippen molar-refractivity contribution >= 4 is 29.5 Å². The van der Waals surface area contributed by atoms with Crippen molar-refractivity contribution in [3.63, 3.8) is 0 Å². The van der Waals surface area contributed by atoms with Gasteiger partial charge in [0, 0.05) is 17.8 Å². The zero-order valence-electron chi connectivity index (χ0n) is 24.6. The monoisotopic (exact) mass is 582 g/mol. The Morgan fingerprint density at radius 3 is 2.66 bits per heavy atom. The summed E-state index contributed by atoms with van der Waals surface area (Å²) in [7, 11) is 0. The molecule has 2 amide bonds. The minimum atomic E-state index is -0.763. The van der Waals surface area contributed by atoms with E-state index in [2.05, 4.69) is 20.1 Å². The molecule has 2 bridgehead atoms. The molecule has 3 unspecified atom stereocenters. The number of fused-ring (bicyclic) bond motifs is 1. The van der Waals surface area contributed by atoms with Gasteiger partial charge >= 0.3 is 5.97 Å². The van der Waals surface area contributed by atoms with E-state index in [1.807, 2.05) is 48.2 Å². The Hall–Kier alpha value is -2.58. The highest BCUT2D eigenvalue weighted by atomic mass is 32.2. The molecule has 7 nitrogen and oxygen atoms in total. The molecule has 3 fully saturated rings. The van der Waals surface area contributed by atoms with Crippen molar-refractivity contribution in [2.75, 3.05) is 19.8 Å². The third-order valence-corrected chi connectivity index (χ3v) is 11.0. The summed E-state index contributed by atoms with van der Waals surface area (Å²) in [4.78, 5) is 46.1. The molecule has 4 rings (SSSR count). The Kier molecular flexibility index (Phi) is 10.8. The smallest absolute Gasteiger partial charge is 0.310 e. The van der Waals surface area contributed by atoms with Gasteiger partial charge in [0.1, 0.15) is 6.04 Å².